The Morgan fingerprint density at radius 3 is 2.67 bits per heavy atom. The molecule has 2 aromatic rings. The van der Waals surface area contributed by atoms with Crippen molar-refractivity contribution in [2.75, 3.05) is 11.1 Å². The van der Waals surface area contributed by atoms with Gasteiger partial charge in [-0.1, -0.05) is 0 Å². The minimum absolute atomic E-state index is 0.177. The van der Waals surface area contributed by atoms with Gasteiger partial charge in [0.05, 0.1) is 22.9 Å². The molecule has 1 aromatic heterocycles. The highest BCUT2D eigenvalue weighted by molar-refractivity contribution is 6.02. The Hall–Kier alpha value is -3.09. The first-order valence-electron chi connectivity index (χ1n) is 5.42. The van der Waals surface area contributed by atoms with Crippen molar-refractivity contribution in [2.24, 2.45) is 0 Å². The smallest absolute Gasteiger partial charge is 0.366 e. The molecular weight excluding hydrogens is 289 g/mol. The van der Waals surface area contributed by atoms with Crippen molar-refractivity contribution in [3.63, 3.8) is 0 Å². The highest BCUT2D eigenvalue weighted by atomic mass is 19.4. The molecule has 1 heterocycles. The summed E-state index contributed by atoms with van der Waals surface area (Å²) in [6, 6.07) is 4.38. The summed E-state index contributed by atoms with van der Waals surface area (Å²) >= 11 is 0. The molecule has 0 saturated heterocycles. The summed E-state index contributed by atoms with van der Waals surface area (Å²) in [4.78, 5) is 15.2. The van der Waals surface area contributed by atoms with Gasteiger partial charge in [0.1, 0.15) is 0 Å². The van der Waals surface area contributed by atoms with E-state index < -0.39 is 23.3 Å². The highest BCUT2D eigenvalue weighted by Crippen LogP contribution is 2.35. The van der Waals surface area contributed by atoms with Crippen molar-refractivity contribution in [1.29, 1.82) is 5.26 Å². The molecule has 0 aliphatic rings. The first-order chi connectivity index (χ1) is 9.81. The lowest BCUT2D eigenvalue weighted by atomic mass is 10.1. The van der Waals surface area contributed by atoms with Crippen LogP contribution in [0, 0.1) is 11.3 Å². The SMILES string of the molecule is N#Cc1ccc(NC(=O)c2nc(N)n[nH]2)c(C(F)(F)F)c1. The lowest BCUT2D eigenvalue weighted by Gasteiger charge is -2.13. The van der Waals surface area contributed by atoms with Crippen molar-refractivity contribution in [1.82, 2.24) is 15.2 Å². The second-order valence-electron chi connectivity index (χ2n) is 3.87. The first kappa shape index (κ1) is 14.3. The van der Waals surface area contributed by atoms with Gasteiger partial charge in [-0.05, 0) is 18.2 Å². The van der Waals surface area contributed by atoms with Crippen LogP contribution in [0.4, 0.5) is 24.8 Å². The molecule has 0 bridgehead atoms. The fourth-order valence-corrected chi connectivity index (χ4v) is 1.52. The van der Waals surface area contributed by atoms with Crippen LogP contribution in [-0.4, -0.2) is 21.1 Å². The second kappa shape index (κ2) is 5.12. The molecule has 0 radical (unpaired) electrons. The van der Waals surface area contributed by atoms with Crippen LogP contribution in [0.15, 0.2) is 18.2 Å². The number of aromatic nitrogens is 3. The zero-order valence-electron chi connectivity index (χ0n) is 10.2. The number of nitrogen functional groups attached to an aromatic ring is 1. The second-order valence-corrected chi connectivity index (χ2v) is 3.87. The zero-order valence-corrected chi connectivity index (χ0v) is 10.2. The Morgan fingerprint density at radius 1 is 1.43 bits per heavy atom. The molecular formula is C11H7F3N6O. The van der Waals surface area contributed by atoms with Crippen molar-refractivity contribution in [2.45, 2.75) is 6.18 Å². The summed E-state index contributed by atoms with van der Waals surface area (Å²) in [7, 11) is 0. The molecule has 0 aliphatic carbocycles. The topological polar surface area (TPSA) is 120 Å². The number of amides is 1. The maximum Gasteiger partial charge on any atom is 0.418 e. The largest absolute Gasteiger partial charge is 0.418 e. The number of halogens is 3. The fraction of sp³-hybridized carbons (Fsp3) is 0.0909. The van der Waals surface area contributed by atoms with Crippen LogP contribution in [0.25, 0.3) is 0 Å². The van der Waals surface area contributed by atoms with E-state index in [2.05, 4.69) is 15.2 Å². The molecule has 1 aromatic carbocycles. The van der Waals surface area contributed by atoms with Gasteiger partial charge < -0.3 is 11.1 Å². The predicted molar refractivity (Wildman–Crippen MR) is 64.9 cm³/mol. The third-order valence-electron chi connectivity index (χ3n) is 2.42. The number of nitrogens with one attached hydrogen (secondary N) is 2. The minimum Gasteiger partial charge on any atom is -0.366 e. The van der Waals surface area contributed by atoms with E-state index in [1.807, 2.05) is 5.32 Å². The van der Waals surface area contributed by atoms with Gasteiger partial charge >= 0.3 is 6.18 Å². The Morgan fingerprint density at radius 2 is 2.14 bits per heavy atom. The van der Waals surface area contributed by atoms with Crippen LogP contribution < -0.4 is 11.1 Å². The predicted octanol–water partition coefficient (Wildman–Crippen LogP) is 1.53. The van der Waals surface area contributed by atoms with Gasteiger partial charge in [0.2, 0.25) is 11.8 Å². The number of nitrogens with zero attached hydrogens (tertiary/aromatic N) is 3. The van der Waals surface area contributed by atoms with E-state index in [9.17, 15) is 18.0 Å². The standard InChI is InChI=1S/C11H7F3N6O/c12-11(13,14)6-3-5(4-15)1-2-7(6)17-9(21)8-18-10(16)20-19-8/h1-3H,(H,17,21)(H3,16,18,19,20). The number of benzene rings is 1. The third kappa shape index (κ3) is 3.08. The van der Waals surface area contributed by atoms with Gasteiger partial charge in [-0.15, -0.1) is 5.10 Å². The lowest BCUT2D eigenvalue weighted by molar-refractivity contribution is -0.136. The van der Waals surface area contributed by atoms with Crippen molar-refractivity contribution < 1.29 is 18.0 Å². The average Bonchev–Trinajstić information content (AvgIpc) is 2.84. The molecule has 0 saturated carbocycles. The monoisotopic (exact) mass is 296 g/mol. The Balaban J connectivity index is 2.36. The highest BCUT2D eigenvalue weighted by Gasteiger charge is 2.34. The van der Waals surface area contributed by atoms with Crippen molar-refractivity contribution >= 4 is 17.5 Å². The van der Waals surface area contributed by atoms with E-state index in [0.717, 1.165) is 12.1 Å². The molecule has 2 rings (SSSR count). The number of aromatic amines is 1. The summed E-state index contributed by atoms with van der Waals surface area (Å²) in [6.07, 6.45) is -4.73. The maximum atomic E-state index is 12.9. The number of anilines is 2. The number of hydrogen-bond acceptors (Lipinski definition) is 5. The van der Waals surface area contributed by atoms with E-state index in [-0.39, 0.29) is 17.3 Å². The van der Waals surface area contributed by atoms with Crippen molar-refractivity contribution in [3.05, 3.63) is 35.2 Å². The first-order valence-corrected chi connectivity index (χ1v) is 5.42. The molecule has 1 amide bonds. The number of carbonyl (C=O) groups excluding carboxylic acids is 1. The number of nitrogens with two attached hydrogens (primary N) is 1. The van der Waals surface area contributed by atoms with Gasteiger partial charge in [-0.2, -0.15) is 23.4 Å². The lowest BCUT2D eigenvalue weighted by Crippen LogP contribution is -2.18. The fourth-order valence-electron chi connectivity index (χ4n) is 1.52. The summed E-state index contributed by atoms with van der Waals surface area (Å²) in [5.41, 5.74) is 3.39. The minimum atomic E-state index is -4.73. The van der Waals surface area contributed by atoms with Gasteiger partial charge in [-0.3, -0.25) is 9.89 Å². The van der Waals surface area contributed by atoms with E-state index >= 15 is 0 Å². The number of carbonyl (C=O) groups is 1. The average molecular weight is 296 g/mol. The number of rotatable bonds is 2. The summed E-state index contributed by atoms with van der Waals surface area (Å²) < 4.78 is 38.7. The quantitative estimate of drug-likeness (QED) is 0.776. The Labute approximate surface area is 115 Å². The number of nitriles is 1. The maximum absolute atomic E-state index is 12.9. The van der Waals surface area contributed by atoms with E-state index in [0.29, 0.717) is 6.07 Å². The number of alkyl halides is 3. The molecule has 108 valence electrons. The van der Waals surface area contributed by atoms with Gasteiger partial charge in [-0.25, -0.2) is 0 Å². The molecule has 0 fully saturated rings. The zero-order chi connectivity index (χ0) is 15.6. The molecule has 7 nitrogen and oxygen atoms in total. The van der Waals surface area contributed by atoms with Crippen LogP contribution in [0.5, 0.6) is 0 Å². The van der Waals surface area contributed by atoms with Crippen LogP contribution in [0.3, 0.4) is 0 Å². The van der Waals surface area contributed by atoms with Gasteiger partial charge in [0.15, 0.2) is 0 Å². The Kier molecular flexibility index (Phi) is 3.49. The van der Waals surface area contributed by atoms with Crippen LogP contribution in [0.1, 0.15) is 21.7 Å². The normalized spacial score (nSPS) is 11.0. The molecule has 0 atom stereocenters. The molecule has 4 N–H and O–H groups in total. The summed E-state index contributed by atoms with van der Waals surface area (Å²) in [5, 5.41) is 16.2. The summed E-state index contributed by atoms with van der Waals surface area (Å²) in [5.74, 6) is -1.48. The molecule has 10 heteroatoms. The molecule has 21 heavy (non-hydrogen) atoms. The number of hydrogen-bond donors (Lipinski definition) is 3. The van der Waals surface area contributed by atoms with Crippen LogP contribution in [-0.2, 0) is 6.18 Å². The molecule has 0 aliphatic heterocycles. The summed E-state index contributed by atoms with van der Waals surface area (Å²) in [6.45, 7) is 0. The van der Waals surface area contributed by atoms with Crippen molar-refractivity contribution in [3.8, 4) is 6.07 Å². The third-order valence-corrected chi connectivity index (χ3v) is 2.42. The molecule has 0 unspecified atom stereocenters. The van der Waals surface area contributed by atoms with Gasteiger partial charge in [0, 0.05) is 0 Å². The van der Waals surface area contributed by atoms with E-state index in [4.69, 9.17) is 11.0 Å². The van der Waals surface area contributed by atoms with E-state index in [1.54, 1.807) is 6.07 Å². The molecule has 0 spiro atoms. The van der Waals surface area contributed by atoms with Gasteiger partial charge in [0.25, 0.3) is 5.91 Å². The van der Waals surface area contributed by atoms with Crippen LogP contribution >= 0.6 is 0 Å². The van der Waals surface area contributed by atoms with Crippen LogP contribution in [0.2, 0.25) is 0 Å². The Bertz CT molecular complexity index is 730. The number of H-pyrrole nitrogens is 1. The van der Waals surface area contributed by atoms with E-state index in [1.165, 1.54) is 0 Å².